The van der Waals surface area contributed by atoms with E-state index in [1.54, 1.807) is 0 Å². The highest BCUT2D eigenvalue weighted by molar-refractivity contribution is 5.95. The molecule has 3 rings (SSSR count). The molecule has 0 spiro atoms. The molecule has 24 heavy (non-hydrogen) atoms. The van der Waals surface area contributed by atoms with Gasteiger partial charge in [-0.3, -0.25) is 4.79 Å². The van der Waals surface area contributed by atoms with Crippen LogP contribution in [0.25, 0.3) is 0 Å². The van der Waals surface area contributed by atoms with E-state index in [1.165, 1.54) is 12.8 Å². The molecule has 2 aliphatic rings. The van der Waals surface area contributed by atoms with E-state index in [1.807, 2.05) is 29.2 Å². The van der Waals surface area contributed by atoms with Crippen molar-refractivity contribution in [3.63, 3.8) is 0 Å². The number of rotatable bonds is 4. The summed E-state index contributed by atoms with van der Waals surface area (Å²) in [6, 6.07) is 7.81. The number of carbonyl (C=O) groups is 1. The first kappa shape index (κ1) is 19.1. The van der Waals surface area contributed by atoms with E-state index in [2.05, 4.69) is 6.92 Å². The van der Waals surface area contributed by atoms with Gasteiger partial charge in [-0.2, -0.15) is 0 Å². The van der Waals surface area contributed by atoms with E-state index in [-0.39, 0.29) is 24.4 Å². The molecule has 1 aromatic rings. The first-order valence-corrected chi connectivity index (χ1v) is 8.95. The van der Waals surface area contributed by atoms with Gasteiger partial charge in [0.1, 0.15) is 5.75 Å². The van der Waals surface area contributed by atoms with Gasteiger partial charge in [0, 0.05) is 24.7 Å². The molecule has 2 N–H and O–H groups in total. The highest BCUT2D eigenvalue weighted by Crippen LogP contribution is 2.27. The van der Waals surface area contributed by atoms with Gasteiger partial charge >= 0.3 is 0 Å². The Balaban J connectivity index is 0.00000208. The minimum Gasteiger partial charge on any atom is -0.490 e. The third kappa shape index (κ3) is 4.42. The molecule has 0 aromatic heterocycles. The molecule has 4 nitrogen and oxygen atoms in total. The van der Waals surface area contributed by atoms with Gasteiger partial charge in [0.15, 0.2) is 0 Å². The summed E-state index contributed by atoms with van der Waals surface area (Å²) in [6.07, 6.45) is 7.10. The first-order valence-electron chi connectivity index (χ1n) is 8.95. The van der Waals surface area contributed by atoms with Crippen molar-refractivity contribution < 1.29 is 9.53 Å². The monoisotopic (exact) mass is 352 g/mol. The van der Waals surface area contributed by atoms with Crippen LogP contribution in [0.5, 0.6) is 5.75 Å². The normalized spacial score (nSPS) is 24.5. The molecule has 1 aromatic carbocycles. The van der Waals surface area contributed by atoms with Crippen LogP contribution in [0.1, 0.15) is 55.8 Å². The van der Waals surface area contributed by atoms with E-state index in [9.17, 15) is 4.79 Å². The van der Waals surface area contributed by atoms with Gasteiger partial charge < -0.3 is 15.4 Å². The van der Waals surface area contributed by atoms with Crippen LogP contribution in [-0.4, -0.2) is 36.0 Å². The lowest BCUT2D eigenvalue weighted by molar-refractivity contribution is 0.0573. The van der Waals surface area contributed by atoms with Crippen LogP contribution in [0.15, 0.2) is 24.3 Å². The van der Waals surface area contributed by atoms with Crippen molar-refractivity contribution in [3.8, 4) is 5.75 Å². The molecule has 1 saturated carbocycles. The largest absolute Gasteiger partial charge is 0.490 e. The Morgan fingerprint density at radius 1 is 1.29 bits per heavy atom. The third-order valence-electron chi connectivity index (χ3n) is 5.20. The summed E-state index contributed by atoms with van der Waals surface area (Å²) >= 11 is 0. The Kier molecular flexibility index (Phi) is 6.93. The fourth-order valence-electron chi connectivity index (χ4n) is 3.81. The molecule has 1 aliphatic carbocycles. The fourth-order valence-corrected chi connectivity index (χ4v) is 3.81. The zero-order valence-corrected chi connectivity index (χ0v) is 15.3. The predicted octanol–water partition coefficient (Wildman–Crippen LogP) is 3.63. The van der Waals surface area contributed by atoms with Crippen molar-refractivity contribution in [1.82, 2.24) is 4.90 Å². The van der Waals surface area contributed by atoms with Crippen molar-refractivity contribution in [1.29, 1.82) is 0 Å². The number of nitrogens with two attached hydrogens (primary N) is 1. The topological polar surface area (TPSA) is 55.6 Å². The molecule has 2 fully saturated rings. The van der Waals surface area contributed by atoms with Crippen LogP contribution in [-0.2, 0) is 0 Å². The number of nitrogens with zero attached hydrogens (tertiary/aromatic N) is 1. The summed E-state index contributed by atoms with van der Waals surface area (Å²) in [6.45, 7) is 3.57. The molecular formula is C19H29ClN2O2. The predicted molar refractivity (Wildman–Crippen MR) is 98.9 cm³/mol. The van der Waals surface area contributed by atoms with Gasteiger partial charge in [0.2, 0.25) is 0 Å². The van der Waals surface area contributed by atoms with Crippen molar-refractivity contribution in [2.24, 2.45) is 11.7 Å². The second kappa shape index (κ2) is 8.72. The number of halogens is 1. The molecule has 1 saturated heterocycles. The highest BCUT2D eigenvalue weighted by Gasteiger charge is 2.29. The zero-order valence-electron chi connectivity index (χ0n) is 14.4. The van der Waals surface area contributed by atoms with Gasteiger partial charge in [0.05, 0.1) is 6.10 Å². The Hall–Kier alpha value is -1.26. The van der Waals surface area contributed by atoms with E-state index in [0.29, 0.717) is 24.1 Å². The molecule has 134 valence electrons. The second-order valence-electron chi connectivity index (χ2n) is 7.07. The number of piperidine rings is 1. The molecule has 5 heteroatoms. The van der Waals surface area contributed by atoms with E-state index in [0.717, 1.165) is 38.0 Å². The Morgan fingerprint density at radius 2 is 2.04 bits per heavy atom. The average Bonchev–Trinajstić information content (AvgIpc) is 3.07. The van der Waals surface area contributed by atoms with Crippen LogP contribution >= 0.6 is 12.4 Å². The lowest BCUT2D eigenvalue weighted by Gasteiger charge is -2.38. The number of hydrogen-bond donors (Lipinski definition) is 1. The van der Waals surface area contributed by atoms with Crippen molar-refractivity contribution in [3.05, 3.63) is 29.8 Å². The van der Waals surface area contributed by atoms with Crippen LogP contribution in [0, 0.1) is 5.92 Å². The van der Waals surface area contributed by atoms with Crippen LogP contribution in [0.2, 0.25) is 0 Å². The maximum atomic E-state index is 12.9. The van der Waals surface area contributed by atoms with Crippen LogP contribution < -0.4 is 10.5 Å². The number of hydrogen-bond acceptors (Lipinski definition) is 3. The fraction of sp³-hybridized carbons (Fsp3) is 0.632. The summed E-state index contributed by atoms with van der Waals surface area (Å²) in [5, 5.41) is 0. The molecule has 2 atom stereocenters. The van der Waals surface area contributed by atoms with Gasteiger partial charge in [-0.1, -0.05) is 13.0 Å². The van der Waals surface area contributed by atoms with Crippen molar-refractivity contribution >= 4 is 18.3 Å². The van der Waals surface area contributed by atoms with Gasteiger partial charge in [-0.05, 0) is 62.6 Å². The molecule has 1 amide bonds. The number of carbonyl (C=O) groups excluding carboxylic acids is 1. The van der Waals surface area contributed by atoms with Crippen molar-refractivity contribution in [2.45, 2.75) is 57.6 Å². The number of likely N-dealkylation sites (tertiary alicyclic amines) is 1. The summed E-state index contributed by atoms with van der Waals surface area (Å²) in [5.41, 5.74) is 6.61. The van der Waals surface area contributed by atoms with E-state index < -0.39 is 0 Å². The number of ether oxygens (including phenoxy) is 1. The minimum atomic E-state index is 0. The molecular weight excluding hydrogens is 324 g/mol. The van der Waals surface area contributed by atoms with E-state index >= 15 is 0 Å². The smallest absolute Gasteiger partial charge is 0.254 e. The zero-order chi connectivity index (χ0) is 16.2. The third-order valence-corrected chi connectivity index (χ3v) is 5.20. The summed E-state index contributed by atoms with van der Waals surface area (Å²) in [7, 11) is 0. The van der Waals surface area contributed by atoms with Gasteiger partial charge in [0.25, 0.3) is 5.91 Å². The van der Waals surface area contributed by atoms with E-state index in [4.69, 9.17) is 10.5 Å². The van der Waals surface area contributed by atoms with Crippen LogP contribution in [0.3, 0.4) is 0 Å². The molecule has 2 unspecified atom stereocenters. The number of benzene rings is 1. The number of amides is 1. The standard InChI is InChI=1S/C19H28N2O2.ClH/c1-14-9-10-21(16(11-14)13-20)19(22)15-5-4-8-18(12-15)23-17-6-2-3-7-17;/h4-5,8,12,14,16-17H,2-3,6-7,9-11,13,20H2,1H3;1H. The maximum absolute atomic E-state index is 12.9. The second-order valence-corrected chi connectivity index (χ2v) is 7.07. The van der Waals surface area contributed by atoms with Gasteiger partial charge in [-0.15, -0.1) is 12.4 Å². The summed E-state index contributed by atoms with van der Waals surface area (Å²) < 4.78 is 6.03. The molecule has 0 radical (unpaired) electrons. The van der Waals surface area contributed by atoms with Gasteiger partial charge in [-0.25, -0.2) is 0 Å². The average molecular weight is 353 g/mol. The Labute approximate surface area is 151 Å². The summed E-state index contributed by atoms with van der Waals surface area (Å²) in [5.74, 6) is 1.55. The highest BCUT2D eigenvalue weighted by atomic mass is 35.5. The molecule has 1 heterocycles. The quantitative estimate of drug-likeness (QED) is 0.900. The maximum Gasteiger partial charge on any atom is 0.254 e. The summed E-state index contributed by atoms with van der Waals surface area (Å²) in [4.78, 5) is 14.8. The Morgan fingerprint density at radius 3 is 2.75 bits per heavy atom. The van der Waals surface area contributed by atoms with Crippen LogP contribution in [0.4, 0.5) is 0 Å². The lowest BCUT2D eigenvalue weighted by atomic mass is 9.92. The SMILES string of the molecule is CC1CCN(C(=O)c2cccc(OC3CCCC3)c2)C(CN)C1.Cl. The minimum absolute atomic E-state index is 0. The Bertz CT molecular complexity index is 546. The lowest BCUT2D eigenvalue weighted by Crippen LogP contribution is -2.49. The first-order chi connectivity index (χ1) is 11.2. The molecule has 1 aliphatic heterocycles. The van der Waals surface area contributed by atoms with Crippen molar-refractivity contribution in [2.75, 3.05) is 13.1 Å². The molecule has 0 bridgehead atoms.